The maximum Gasteiger partial charge on any atom is 0.214 e. The number of aromatic nitrogens is 2. The Morgan fingerprint density at radius 2 is 1.96 bits per heavy atom. The number of aryl methyl sites for hydroxylation is 1. The summed E-state index contributed by atoms with van der Waals surface area (Å²) in [7, 11) is 0. The normalized spacial score (nSPS) is 16.1. The van der Waals surface area contributed by atoms with E-state index in [1.54, 1.807) is 12.3 Å². The molecule has 1 aliphatic rings. The first kappa shape index (κ1) is 15.0. The van der Waals surface area contributed by atoms with Crippen molar-refractivity contribution in [2.45, 2.75) is 32.7 Å². The minimum absolute atomic E-state index is 0.216. The molecule has 122 valence electrons. The largest absolute Gasteiger partial charge is 0.278 e. The second kappa shape index (κ2) is 4.97. The molecule has 5 heteroatoms. The van der Waals surface area contributed by atoms with Crippen LogP contribution in [0, 0.1) is 18.7 Å². The zero-order chi connectivity index (χ0) is 17.1. The molecule has 3 heterocycles. The van der Waals surface area contributed by atoms with Crippen LogP contribution in [0.15, 0.2) is 41.5 Å². The van der Waals surface area contributed by atoms with Crippen molar-refractivity contribution in [2.24, 2.45) is 4.99 Å². The number of hydrogen-bond acceptors (Lipinski definition) is 2. The average Bonchev–Trinajstić information content (AvgIpc) is 2.81. The monoisotopic (exact) mass is 325 g/mol. The number of fused-ring (bicyclic) bond motifs is 2. The molecule has 0 saturated heterocycles. The Morgan fingerprint density at radius 3 is 2.75 bits per heavy atom. The van der Waals surface area contributed by atoms with E-state index >= 15 is 0 Å². The number of aliphatic imine (C=N–C) groups is 1. The molecule has 0 unspecified atom stereocenters. The smallest absolute Gasteiger partial charge is 0.214 e. The second-order valence-electron chi connectivity index (χ2n) is 6.91. The van der Waals surface area contributed by atoms with Crippen LogP contribution in [0.5, 0.6) is 0 Å². The van der Waals surface area contributed by atoms with Crippen LogP contribution < -0.4 is 0 Å². The summed E-state index contributed by atoms with van der Waals surface area (Å²) in [5.41, 5.74) is 4.01. The van der Waals surface area contributed by atoms with Gasteiger partial charge in [-0.1, -0.05) is 12.1 Å². The van der Waals surface area contributed by atoms with Gasteiger partial charge in [-0.15, -0.1) is 0 Å². The standard InChI is InChI=1S/C19H17F2N3/c1-11-7-17(21)24-16(11)8-12(10-22-24)18-13-5-4-6-15(20)14(13)9-19(2,3)23-18/h4-8,10H,9H2,1-3H3. The van der Waals surface area contributed by atoms with Crippen molar-refractivity contribution in [2.75, 3.05) is 0 Å². The van der Waals surface area contributed by atoms with Gasteiger partial charge in [-0.2, -0.15) is 9.49 Å². The summed E-state index contributed by atoms with van der Waals surface area (Å²) in [5.74, 6) is -0.613. The van der Waals surface area contributed by atoms with E-state index in [1.165, 1.54) is 16.6 Å². The fourth-order valence-corrected chi connectivity index (χ4v) is 3.34. The molecular weight excluding hydrogens is 308 g/mol. The number of hydrogen-bond donors (Lipinski definition) is 0. The van der Waals surface area contributed by atoms with Gasteiger partial charge in [0, 0.05) is 17.5 Å². The highest BCUT2D eigenvalue weighted by molar-refractivity contribution is 6.14. The lowest BCUT2D eigenvalue weighted by molar-refractivity contribution is 0.492. The van der Waals surface area contributed by atoms with Crippen molar-refractivity contribution in [3.63, 3.8) is 0 Å². The Balaban J connectivity index is 1.97. The van der Waals surface area contributed by atoms with Gasteiger partial charge in [-0.3, -0.25) is 4.99 Å². The van der Waals surface area contributed by atoms with Gasteiger partial charge in [0.2, 0.25) is 5.95 Å². The fourth-order valence-electron chi connectivity index (χ4n) is 3.34. The molecule has 0 amide bonds. The quantitative estimate of drug-likeness (QED) is 0.662. The number of benzene rings is 1. The summed E-state index contributed by atoms with van der Waals surface area (Å²) in [6.45, 7) is 5.80. The van der Waals surface area contributed by atoms with Crippen molar-refractivity contribution in [3.8, 4) is 0 Å². The molecular formula is C19H17F2N3. The zero-order valence-corrected chi connectivity index (χ0v) is 13.8. The van der Waals surface area contributed by atoms with E-state index in [4.69, 9.17) is 4.99 Å². The summed E-state index contributed by atoms with van der Waals surface area (Å²) in [6.07, 6.45) is 2.14. The molecule has 1 aromatic carbocycles. The highest BCUT2D eigenvalue weighted by Crippen LogP contribution is 2.31. The number of rotatable bonds is 1. The minimum Gasteiger partial charge on any atom is -0.278 e. The van der Waals surface area contributed by atoms with E-state index < -0.39 is 11.5 Å². The molecule has 0 saturated carbocycles. The summed E-state index contributed by atoms with van der Waals surface area (Å²) < 4.78 is 29.4. The average molecular weight is 325 g/mol. The lowest BCUT2D eigenvalue weighted by Crippen LogP contribution is -2.30. The van der Waals surface area contributed by atoms with Crippen LogP contribution in [0.4, 0.5) is 8.78 Å². The Bertz CT molecular complexity index is 999. The molecule has 4 rings (SSSR count). The van der Waals surface area contributed by atoms with Crippen molar-refractivity contribution in [1.82, 2.24) is 9.61 Å². The predicted octanol–water partition coefficient (Wildman–Crippen LogP) is 4.09. The van der Waals surface area contributed by atoms with Crippen LogP contribution in [0.2, 0.25) is 0 Å². The Labute approximate surface area is 138 Å². The van der Waals surface area contributed by atoms with Crippen LogP contribution in [-0.4, -0.2) is 20.9 Å². The second-order valence-corrected chi connectivity index (χ2v) is 6.91. The van der Waals surface area contributed by atoms with Crippen molar-refractivity contribution >= 4 is 11.2 Å². The van der Waals surface area contributed by atoms with Crippen molar-refractivity contribution < 1.29 is 8.78 Å². The number of nitrogens with zero attached hydrogens (tertiary/aromatic N) is 3. The maximum atomic E-state index is 14.3. The molecule has 0 spiro atoms. The van der Waals surface area contributed by atoms with Crippen LogP contribution in [0.3, 0.4) is 0 Å². The highest BCUT2D eigenvalue weighted by atomic mass is 19.1. The Morgan fingerprint density at radius 1 is 1.17 bits per heavy atom. The third kappa shape index (κ3) is 2.23. The highest BCUT2D eigenvalue weighted by Gasteiger charge is 2.29. The molecule has 0 aliphatic carbocycles. The molecule has 0 atom stereocenters. The van der Waals surface area contributed by atoms with Gasteiger partial charge >= 0.3 is 0 Å². The summed E-state index contributed by atoms with van der Waals surface area (Å²) in [6, 6.07) is 8.36. The van der Waals surface area contributed by atoms with Crippen molar-refractivity contribution in [1.29, 1.82) is 0 Å². The molecule has 0 radical (unpaired) electrons. The number of halogens is 2. The molecule has 1 aliphatic heterocycles. The topological polar surface area (TPSA) is 29.7 Å². The Kier molecular flexibility index (Phi) is 3.10. The van der Waals surface area contributed by atoms with Gasteiger partial charge in [0.05, 0.1) is 23.0 Å². The summed E-state index contributed by atoms with van der Waals surface area (Å²) >= 11 is 0. The molecule has 0 bridgehead atoms. The van der Waals surface area contributed by atoms with Gasteiger partial charge < -0.3 is 0 Å². The first-order valence-corrected chi connectivity index (χ1v) is 7.88. The predicted molar refractivity (Wildman–Crippen MR) is 89.7 cm³/mol. The van der Waals surface area contributed by atoms with Crippen LogP contribution in [0.1, 0.15) is 36.1 Å². The first-order valence-electron chi connectivity index (χ1n) is 7.88. The molecule has 0 fully saturated rings. The molecule has 0 N–H and O–H groups in total. The van der Waals surface area contributed by atoms with Gasteiger partial charge in [0.1, 0.15) is 5.82 Å². The van der Waals surface area contributed by atoms with E-state index in [0.29, 0.717) is 23.2 Å². The SMILES string of the molecule is Cc1cc(F)n2ncc(C3=NC(C)(C)Cc4c(F)cccc43)cc12. The lowest BCUT2D eigenvalue weighted by atomic mass is 9.85. The van der Waals surface area contributed by atoms with E-state index in [1.807, 2.05) is 32.9 Å². The summed E-state index contributed by atoms with van der Waals surface area (Å²) in [4.78, 5) is 4.82. The summed E-state index contributed by atoms with van der Waals surface area (Å²) in [5, 5.41) is 4.19. The first-order chi connectivity index (χ1) is 11.4. The van der Waals surface area contributed by atoms with E-state index in [9.17, 15) is 8.78 Å². The third-order valence-electron chi connectivity index (χ3n) is 4.45. The third-order valence-corrected chi connectivity index (χ3v) is 4.45. The van der Waals surface area contributed by atoms with Crippen LogP contribution in [-0.2, 0) is 6.42 Å². The van der Waals surface area contributed by atoms with E-state index in [-0.39, 0.29) is 5.82 Å². The maximum absolute atomic E-state index is 14.3. The molecule has 24 heavy (non-hydrogen) atoms. The molecule has 2 aromatic heterocycles. The lowest BCUT2D eigenvalue weighted by Gasteiger charge is -2.29. The molecule has 3 aromatic rings. The van der Waals surface area contributed by atoms with E-state index in [2.05, 4.69) is 5.10 Å². The zero-order valence-electron chi connectivity index (χ0n) is 13.8. The minimum atomic E-state index is -0.404. The van der Waals surface area contributed by atoms with Gasteiger partial charge in [0.25, 0.3) is 0 Å². The van der Waals surface area contributed by atoms with Gasteiger partial charge in [-0.25, -0.2) is 8.91 Å². The van der Waals surface area contributed by atoms with Crippen molar-refractivity contribution in [3.05, 3.63) is 70.5 Å². The molecule has 3 nitrogen and oxygen atoms in total. The van der Waals surface area contributed by atoms with Crippen LogP contribution >= 0.6 is 0 Å². The van der Waals surface area contributed by atoms with Gasteiger partial charge in [0.15, 0.2) is 0 Å². The van der Waals surface area contributed by atoms with Crippen LogP contribution in [0.25, 0.3) is 5.52 Å². The van der Waals surface area contributed by atoms with Gasteiger partial charge in [-0.05, 0) is 50.1 Å². The fraction of sp³-hybridized carbons (Fsp3) is 0.263. The van der Waals surface area contributed by atoms with E-state index in [0.717, 1.165) is 16.7 Å². The Hall–Kier alpha value is -2.56.